The van der Waals surface area contributed by atoms with E-state index >= 15 is 0 Å². The second-order valence-electron chi connectivity index (χ2n) is 11.8. The Balaban J connectivity index is 1.40. The number of nitrogens with zero attached hydrogens (tertiary/aromatic N) is 5. The first-order valence-corrected chi connectivity index (χ1v) is 14.1. The Morgan fingerprint density at radius 3 is 2.62 bits per heavy atom. The van der Waals surface area contributed by atoms with Gasteiger partial charge in [-0.25, -0.2) is 4.39 Å². The highest BCUT2D eigenvalue weighted by molar-refractivity contribution is 5.99. The average Bonchev–Trinajstić information content (AvgIpc) is 3.24. The zero-order chi connectivity index (χ0) is 28.0. The van der Waals surface area contributed by atoms with Crippen LogP contribution in [-0.4, -0.2) is 80.9 Å². The van der Waals surface area contributed by atoms with Crippen molar-refractivity contribution < 1.29 is 14.0 Å². The van der Waals surface area contributed by atoms with Crippen molar-refractivity contribution >= 4 is 22.7 Å². The number of hydrogen-bond acceptors (Lipinski definition) is 4. The van der Waals surface area contributed by atoms with Gasteiger partial charge in [0.05, 0.1) is 23.0 Å². The fraction of sp³-hybridized carbons (Fsp3) is 0.516. The molecule has 2 fully saturated rings. The van der Waals surface area contributed by atoms with Crippen LogP contribution in [0.2, 0.25) is 0 Å². The number of pyridine rings is 1. The van der Waals surface area contributed by atoms with E-state index in [0.717, 1.165) is 55.4 Å². The fourth-order valence-electron chi connectivity index (χ4n) is 6.40. The molecule has 208 valence electrons. The summed E-state index contributed by atoms with van der Waals surface area (Å²) in [5, 5.41) is 1.16. The first-order valence-electron chi connectivity index (χ1n) is 14.1. The standard InChI is InChI=1S/C31H40FN5O2/c1-19(2)34(6)31(39)27-13-25(32)7-8-28(27)37-18-24(30-20(3)14-33-15-29(30)37)12-23-16-35(17-23)26-9-10-36(22(5)38)21(4)11-26/h7-8,13-15,18-19,21,23,26H,9-12,16-17H2,1-6H3/t21-,26+/m0/s1. The van der Waals surface area contributed by atoms with Crippen LogP contribution in [0.15, 0.2) is 36.8 Å². The van der Waals surface area contributed by atoms with Gasteiger partial charge in [-0.05, 0) is 82.2 Å². The van der Waals surface area contributed by atoms with Gasteiger partial charge in [0, 0.05) is 69.5 Å². The quantitative estimate of drug-likeness (QED) is 0.456. The average molecular weight is 534 g/mol. The lowest BCUT2D eigenvalue weighted by atomic mass is 9.87. The van der Waals surface area contributed by atoms with Crippen LogP contribution in [0.3, 0.4) is 0 Å². The van der Waals surface area contributed by atoms with Crippen molar-refractivity contribution in [2.75, 3.05) is 26.7 Å². The molecule has 2 amide bonds. The molecule has 5 rings (SSSR count). The smallest absolute Gasteiger partial charge is 0.256 e. The van der Waals surface area contributed by atoms with Crippen LogP contribution in [0.5, 0.6) is 0 Å². The minimum atomic E-state index is -0.428. The van der Waals surface area contributed by atoms with E-state index in [4.69, 9.17) is 0 Å². The van der Waals surface area contributed by atoms with Crippen LogP contribution in [0.1, 0.15) is 62.0 Å². The molecule has 3 aromatic rings. The van der Waals surface area contributed by atoms with Crippen LogP contribution in [-0.2, 0) is 11.2 Å². The Morgan fingerprint density at radius 1 is 1.21 bits per heavy atom. The second-order valence-corrected chi connectivity index (χ2v) is 11.8. The Morgan fingerprint density at radius 2 is 1.95 bits per heavy atom. The van der Waals surface area contributed by atoms with Crippen molar-refractivity contribution in [2.24, 2.45) is 5.92 Å². The lowest BCUT2D eigenvalue weighted by Crippen LogP contribution is -2.57. The third-order valence-electron chi connectivity index (χ3n) is 8.79. The molecule has 0 N–H and O–H groups in total. The van der Waals surface area contributed by atoms with Gasteiger partial charge in [0.25, 0.3) is 5.91 Å². The molecular weight excluding hydrogens is 493 g/mol. The van der Waals surface area contributed by atoms with Crippen molar-refractivity contribution in [1.82, 2.24) is 24.3 Å². The zero-order valence-corrected chi connectivity index (χ0v) is 23.9. The van der Waals surface area contributed by atoms with Crippen LogP contribution in [0.4, 0.5) is 4.39 Å². The predicted octanol–water partition coefficient (Wildman–Crippen LogP) is 4.83. The van der Waals surface area contributed by atoms with E-state index < -0.39 is 5.82 Å². The fourth-order valence-corrected chi connectivity index (χ4v) is 6.40. The number of amides is 2. The van der Waals surface area contributed by atoms with Gasteiger partial charge >= 0.3 is 0 Å². The SMILES string of the molecule is CC(=O)N1CC[C@@H](N2CC(Cc3cn(-c4ccc(F)cc4C(=O)N(C)C(C)C)c4cncc(C)c34)C2)C[C@@H]1C. The molecule has 0 bridgehead atoms. The number of carbonyl (C=O) groups is 2. The number of carbonyl (C=O) groups excluding carboxylic acids is 2. The van der Waals surface area contributed by atoms with Crippen molar-refractivity contribution in [2.45, 2.75) is 72.0 Å². The van der Waals surface area contributed by atoms with Gasteiger partial charge in [0.15, 0.2) is 0 Å². The van der Waals surface area contributed by atoms with Gasteiger partial charge < -0.3 is 14.4 Å². The highest BCUT2D eigenvalue weighted by atomic mass is 19.1. The summed E-state index contributed by atoms with van der Waals surface area (Å²) in [4.78, 5) is 35.9. The first-order chi connectivity index (χ1) is 18.5. The molecule has 0 aliphatic carbocycles. The van der Waals surface area contributed by atoms with Gasteiger partial charge in [-0.3, -0.25) is 19.5 Å². The Hall–Kier alpha value is -3.26. The molecule has 39 heavy (non-hydrogen) atoms. The zero-order valence-electron chi connectivity index (χ0n) is 23.9. The van der Waals surface area contributed by atoms with E-state index in [-0.39, 0.29) is 23.9 Å². The van der Waals surface area contributed by atoms with Crippen molar-refractivity contribution in [3.8, 4) is 5.69 Å². The third-order valence-corrected chi connectivity index (χ3v) is 8.79. The monoisotopic (exact) mass is 533 g/mol. The van der Waals surface area contributed by atoms with Gasteiger partial charge in [-0.2, -0.15) is 0 Å². The molecule has 2 aliphatic heterocycles. The minimum Gasteiger partial charge on any atom is -0.340 e. The van der Waals surface area contributed by atoms with E-state index in [1.165, 1.54) is 17.7 Å². The summed E-state index contributed by atoms with van der Waals surface area (Å²) >= 11 is 0. The molecule has 4 heterocycles. The number of likely N-dealkylation sites (tertiary alicyclic amines) is 2. The van der Waals surface area contributed by atoms with E-state index in [2.05, 4.69) is 29.9 Å². The number of rotatable bonds is 6. The highest BCUT2D eigenvalue weighted by Crippen LogP contribution is 2.34. The molecule has 2 saturated heterocycles. The largest absolute Gasteiger partial charge is 0.340 e. The third kappa shape index (κ3) is 5.19. The summed E-state index contributed by atoms with van der Waals surface area (Å²) in [5.74, 6) is 0.0798. The lowest BCUT2D eigenvalue weighted by molar-refractivity contribution is -0.133. The van der Waals surface area contributed by atoms with Crippen molar-refractivity contribution in [3.63, 3.8) is 0 Å². The molecule has 2 aromatic heterocycles. The number of fused-ring (bicyclic) bond motifs is 1. The number of aryl methyl sites for hydroxylation is 1. The van der Waals surface area contributed by atoms with E-state index in [0.29, 0.717) is 23.2 Å². The number of halogens is 1. The molecule has 0 unspecified atom stereocenters. The van der Waals surface area contributed by atoms with E-state index in [9.17, 15) is 14.0 Å². The Labute approximate surface area is 230 Å². The number of hydrogen-bond donors (Lipinski definition) is 0. The van der Waals surface area contributed by atoms with Crippen molar-refractivity contribution in [1.29, 1.82) is 0 Å². The van der Waals surface area contributed by atoms with Gasteiger partial charge in [0.1, 0.15) is 5.82 Å². The molecule has 2 atom stereocenters. The second kappa shape index (κ2) is 10.7. The number of benzene rings is 1. The molecule has 0 radical (unpaired) electrons. The highest BCUT2D eigenvalue weighted by Gasteiger charge is 2.37. The van der Waals surface area contributed by atoms with Crippen LogP contribution in [0, 0.1) is 18.7 Å². The normalized spacial score (nSPS) is 20.5. The number of aromatic nitrogens is 2. The molecular formula is C31H40FN5O2. The molecule has 1 aromatic carbocycles. The minimum absolute atomic E-state index is 0.00579. The Kier molecular flexibility index (Phi) is 7.51. The summed E-state index contributed by atoms with van der Waals surface area (Å²) in [7, 11) is 1.75. The molecule has 2 aliphatic rings. The van der Waals surface area contributed by atoms with Gasteiger partial charge in [-0.15, -0.1) is 0 Å². The summed E-state index contributed by atoms with van der Waals surface area (Å²) < 4.78 is 16.4. The maximum absolute atomic E-state index is 14.4. The summed E-state index contributed by atoms with van der Waals surface area (Å²) in [6.45, 7) is 12.7. The first kappa shape index (κ1) is 27.3. The van der Waals surface area contributed by atoms with E-state index in [1.54, 1.807) is 24.9 Å². The Bertz CT molecular complexity index is 1390. The van der Waals surface area contributed by atoms with Crippen LogP contribution >= 0.6 is 0 Å². The van der Waals surface area contributed by atoms with E-state index in [1.807, 2.05) is 35.7 Å². The summed E-state index contributed by atoms with van der Waals surface area (Å²) in [5.41, 5.74) is 4.27. The summed E-state index contributed by atoms with van der Waals surface area (Å²) in [6, 6.07) is 5.27. The van der Waals surface area contributed by atoms with Crippen LogP contribution in [0.25, 0.3) is 16.6 Å². The lowest BCUT2D eigenvalue weighted by Gasteiger charge is -2.49. The maximum atomic E-state index is 14.4. The number of piperidine rings is 1. The molecule has 0 spiro atoms. The molecule has 7 nitrogen and oxygen atoms in total. The maximum Gasteiger partial charge on any atom is 0.256 e. The van der Waals surface area contributed by atoms with Crippen LogP contribution < -0.4 is 0 Å². The molecule has 8 heteroatoms. The van der Waals surface area contributed by atoms with Gasteiger partial charge in [-0.1, -0.05) is 0 Å². The van der Waals surface area contributed by atoms with Crippen molar-refractivity contribution in [3.05, 3.63) is 59.3 Å². The summed E-state index contributed by atoms with van der Waals surface area (Å²) in [6.07, 6.45) is 8.84. The topological polar surface area (TPSA) is 61.7 Å². The molecule has 0 saturated carbocycles. The van der Waals surface area contributed by atoms with Gasteiger partial charge in [0.2, 0.25) is 5.91 Å². The predicted molar refractivity (Wildman–Crippen MR) is 152 cm³/mol.